The molecule has 2 heterocycles. The lowest BCUT2D eigenvalue weighted by Gasteiger charge is -2.27. The predicted molar refractivity (Wildman–Crippen MR) is 124 cm³/mol. The second-order valence-corrected chi connectivity index (χ2v) is 9.40. The lowest BCUT2D eigenvalue weighted by atomic mass is 9.77. The van der Waals surface area contributed by atoms with Crippen LogP contribution in [-0.4, -0.2) is 29.0 Å². The second-order valence-electron chi connectivity index (χ2n) is 8.53. The molecule has 2 amide bonds. The minimum atomic E-state index is -2.11. The minimum Gasteiger partial charge on any atom is -0.349 e. The van der Waals surface area contributed by atoms with Gasteiger partial charge in [0, 0.05) is 21.2 Å². The molecule has 8 heteroatoms. The minimum absolute atomic E-state index is 0.180. The number of fused-ring (bicyclic) bond motifs is 3. The van der Waals surface area contributed by atoms with Crippen LogP contribution < -0.4 is 4.90 Å². The van der Waals surface area contributed by atoms with Crippen molar-refractivity contribution in [3.63, 3.8) is 0 Å². The van der Waals surface area contributed by atoms with Gasteiger partial charge in [-0.15, -0.1) is 0 Å². The first-order valence-electron chi connectivity index (χ1n) is 10.6. The number of amides is 2. The highest BCUT2D eigenvalue weighted by molar-refractivity contribution is 6.38. The van der Waals surface area contributed by atoms with Gasteiger partial charge >= 0.3 is 0 Å². The van der Waals surface area contributed by atoms with Gasteiger partial charge in [0.05, 0.1) is 23.6 Å². The molecule has 0 saturated carbocycles. The molecule has 0 N–H and O–H groups in total. The van der Waals surface area contributed by atoms with E-state index < -0.39 is 46.9 Å². The average Bonchev–Trinajstić information content (AvgIpc) is 3.39. The van der Waals surface area contributed by atoms with Gasteiger partial charge in [-0.25, -0.2) is 4.90 Å². The van der Waals surface area contributed by atoms with Crippen LogP contribution in [0, 0.1) is 11.8 Å². The number of hydrogen-bond donors (Lipinski definition) is 0. The van der Waals surface area contributed by atoms with Crippen LogP contribution in [0.2, 0.25) is 10.0 Å². The van der Waals surface area contributed by atoms with E-state index in [1.165, 1.54) is 30.3 Å². The molecule has 1 spiro atoms. The van der Waals surface area contributed by atoms with Gasteiger partial charge < -0.3 is 4.74 Å². The smallest absolute Gasteiger partial charge is 0.241 e. The molecule has 34 heavy (non-hydrogen) atoms. The molecule has 0 unspecified atom stereocenters. The molecule has 3 aromatic rings. The normalized spacial score (nSPS) is 24.8. The molecule has 2 saturated heterocycles. The number of nitrogens with zero attached hydrogens (tertiary/aromatic N) is 1. The lowest BCUT2D eigenvalue weighted by molar-refractivity contribution is -0.127. The summed E-state index contributed by atoms with van der Waals surface area (Å²) in [4.78, 5) is 55.9. The number of rotatable bonds is 2. The highest BCUT2D eigenvalue weighted by atomic mass is 35.5. The van der Waals surface area contributed by atoms with E-state index in [1.807, 2.05) is 0 Å². The number of anilines is 1. The number of halogens is 2. The largest absolute Gasteiger partial charge is 0.349 e. The van der Waals surface area contributed by atoms with E-state index in [2.05, 4.69) is 0 Å². The Labute approximate surface area is 204 Å². The zero-order chi connectivity index (χ0) is 23.8. The van der Waals surface area contributed by atoms with Gasteiger partial charge in [0.2, 0.25) is 29.0 Å². The Morgan fingerprint density at radius 1 is 0.735 bits per heavy atom. The van der Waals surface area contributed by atoms with Crippen LogP contribution in [0.25, 0.3) is 0 Å². The van der Waals surface area contributed by atoms with E-state index in [0.29, 0.717) is 5.56 Å². The summed E-state index contributed by atoms with van der Waals surface area (Å²) >= 11 is 12.3. The van der Waals surface area contributed by atoms with Crippen molar-refractivity contribution in [3.8, 4) is 0 Å². The maximum absolute atomic E-state index is 13.8. The molecule has 2 aliphatic heterocycles. The third-order valence-corrected chi connectivity index (χ3v) is 7.19. The Bertz CT molecular complexity index is 1360. The van der Waals surface area contributed by atoms with Crippen molar-refractivity contribution in [1.82, 2.24) is 0 Å². The monoisotopic (exact) mass is 491 g/mol. The molecule has 168 valence electrons. The average molecular weight is 492 g/mol. The highest BCUT2D eigenvalue weighted by Gasteiger charge is 2.74. The molecule has 3 aromatic carbocycles. The van der Waals surface area contributed by atoms with Crippen molar-refractivity contribution in [1.29, 1.82) is 0 Å². The Balaban J connectivity index is 1.56. The molecule has 6 rings (SSSR count). The first-order chi connectivity index (χ1) is 16.3. The number of Topliss-reactive ketones (excluding diaryl/α,β-unsaturated/α-hetero) is 2. The Kier molecular flexibility index (Phi) is 4.58. The van der Waals surface area contributed by atoms with E-state index in [1.54, 1.807) is 42.5 Å². The number of ether oxygens (including phenoxy) is 1. The Morgan fingerprint density at radius 3 is 1.88 bits per heavy atom. The molecule has 1 aliphatic carbocycles. The number of benzene rings is 3. The number of ketones is 2. The zero-order valence-corrected chi connectivity index (χ0v) is 18.9. The molecule has 0 radical (unpaired) electrons. The summed E-state index contributed by atoms with van der Waals surface area (Å²) in [6.45, 7) is 0. The quantitative estimate of drug-likeness (QED) is 0.383. The predicted octanol–water partition coefficient (Wildman–Crippen LogP) is 4.69. The van der Waals surface area contributed by atoms with E-state index in [9.17, 15) is 19.2 Å². The molecular formula is C26H15Cl2NO5. The van der Waals surface area contributed by atoms with Crippen LogP contribution in [0.4, 0.5) is 5.69 Å². The summed E-state index contributed by atoms with van der Waals surface area (Å²) in [5, 5.41) is 0.484. The molecule has 3 atom stereocenters. The van der Waals surface area contributed by atoms with Crippen molar-refractivity contribution >= 4 is 52.3 Å². The molecule has 6 nitrogen and oxygen atoms in total. The lowest BCUT2D eigenvalue weighted by Crippen LogP contribution is -2.51. The molecule has 0 aromatic heterocycles. The fourth-order valence-corrected chi connectivity index (χ4v) is 5.90. The molecular weight excluding hydrogens is 477 g/mol. The number of hydrogen-bond acceptors (Lipinski definition) is 5. The summed E-state index contributed by atoms with van der Waals surface area (Å²) < 4.78 is 6.22. The van der Waals surface area contributed by atoms with Crippen molar-refractivity contribution in [2.24, 2.45) is 11.8 Å². The van der Waals surface area contributed by atoms with Crippen molar-refractivity contribution in [2.75, 3.05) is 4.90 Å². The van der Waals surface area contributed by atoms with Crippen LogP contribution in [-0.2, 0) is 14.3 Å². The van der Waals surface area contributed by atoms with Gasteiger partial charge in [0.25, 0.3) is 0 Å². The Hall–Kier alpha value is -3.32. The van der Waals surface area contributed by atoms with Crippen LogP contribution in [0.1, 0.15) is 32.4 Å². The fourth-order valence-electron chi connectivity index (χ4n) is 5.38. The van der Waals surface area contributed by atoms with Crippen LogP contribution in [0.15, 0.2) is 72.8 Å². The first kappa shape index (κ1) is 21.2. The maximum atomic E-state index is 13.8. The summed E-state index contributed by atoms with van der Waals surface area (Å²) in [5.41, 5.74) is -0.968. The number of carbonyl (C=O) groups excluding carboxylic acids is 4. The maximum Gasteiger partial charge on any atom is 0.241 e. The van der Waals surface area contributed by atoms with E-state index in [-0.39, 0.29) is 26.9 Å². The van der Waals surface area contributed by atoms with Gasteiger partial charge in [-0.3, -0.25) is 19.2 Å². The third kappa shape index (κ3) is 2.67. The topological polar surface area (TPSA) is 80.8 Å². The van der Waals surface area contributed by atoms with Crippen molar-refractivity contribution in [2.45, 2.75) is 11.7 Å². The third-order valence-electron chi connectivity index (χ3n) is 6.75. The van der Waals surface area contributed by atoms with Crippen molar-refractivity contribution < 1.29 is 23.9 Å². The van der Waals surface area contributed by atoms with Gasteiger partial charge in [-0.1, -0.05) is 77.8 Å². The van der Waals surface area contributed by atoms with Gasteiger partial charge in [-0.05, 0) is 23.8 Å². The van der Waals surface area contributed by atoms with Crippen LogP contribution in [0.5, 0.6) is 0 Å². The van der Waals surface area contributed by atoms with Gasteiger partial charge in [0.15, 0.2) is 0 Å². The van der Waals surface area contributed by atoms with Crippen molar-refractivity contribution in [3.05, 3.63) is 99.5 Å². The summed E-state index contributed by atoms with van der Waals surface area (Å²) in [6, 6.07) is 19.6. The van der Waals surface area contributed by atoms with Crippen LogP contribution in [0.3, 0.4) is 0 Å². The molecule has 2 fully saturated rings. The van der Waals surface area contributed by atoms with E-state index in [0.717, 1.165) is 4.90 Å². The second kappa shape index (κ2) is 7.34. The van der Waals surface area contributed by atoms with Gasteiger partial charge in [0.1, 0.15) is 0 Å². The SMILES string of the molecule is O=C1[C@H]2[C@H](c3ccccc3)OC3(C(=O)c4ccccc4C3=O)[C@H]2C(=O)N1c1cc(Cl)cc(Cl)c1. The standard InChI is InChI=1S/C26H15Cl2NO5/c27-14-10-15(28)12-16(11-14)29-24(32)19-20(25(29)33)26(34-21(19)13-6-2-1-3-7-13)22(30)17-8-4-5-9-18(17)23(26)31/h1-12,19-21H/t19-,20-,21+/m1/s1. The van der Waals surface area contributed by atoms with E-state index >= 15 is 0 Å². The van der Waals surface area contributed by atoms with Crippen LogP contribution >= 0.6 is 23.2 Å². The highest BCUT2D eigenvalue weighted by Crippen LogP contribution is 2.57. The van der Waals surface area contributed by atoms with E-state index in [4.69, 9.17) is 27.9 Å². The van der Waals surface area contributed by atoms with Gasteiger partial charge in [-0.2, -0.15) is 0 Å². The summed E-state index contributed by atoms with van der Waals surface area (Å²) in [5.74, 6) is -4.87. The fraction of sp³-hybridized carbons (Fsp3) is 0.154. The molecule has 0 bridgehead atoms. The number of imide groups is 1. The molecule has 3 aliphatic rings. The zero-order valence-electron chi connectivity index (χ0n) is 17.4. The summed E-state index contributed by atoms with van der Waals surface area (Å²) in [6.07, 6.45) is -0.968. The number of carbonyl (C=O) groups is 4. The Morgan fingerprint density at radius 2 is 1.29 bits per heavy atom. The first-order valence-corrected chi connectivity index (χ1v) is 11.4. The summed E-state index contributed by atoms with van der Waals surface area (Å²) in [7, 11) is 0.